The van der Waals surface area contributed by atoms with Crippen LogP contribution < -0.4 is 4.74 Å². The standard InChI is InChI=1S/C25H38F3OSi/c1-2-3-4-17-30-18-15-21(16-19-30)6-5-20-7-9-22(10-8-20)23-11-13-24(14-12-23)29-25(26,27)28/h11-14,20-22H,2-10,15-19H2,1H3. The molecule has 30 heavy (non-hydrogen) atoms. The molecule has 0 atom stereocenters. The van der Waals surface area contributed by atoms with Gasteiger partial charge < -0.3 is 4.74 Å². The highest BCUT2D eigenvalue weighted by Gasteiger charge is 2.31. The first-order chi connectivity index (χ1) is 14.4. The Morgan fingerprint density at radius 3 is 2.03 bits per heavy atom. The van der Waals surface area contributed by atoms with Gasteiger partial charge in [0.1, 0.15) is 5.75 Å². The molecule has 0 amide bonds. The van der Waals surface area contributed by atoms with E-state index in [9.17, 15) is 13.2 Å². The average molecular weight is 440 g/mol. The molecule has 1 nitrogen and oxygen atoms in total. The third-order valence-corrected chi connectivity index (χ3v) is 10.4. The fourth-order valence-corrected chi connectivity index (χ4v) is 8.58. The van der Waals surface area contributed by atoms with Crippen LogP contribution in [-0.4, -0.2) is 15.2 Å². The Bertz CT molecular complexity index is 600. The maximum atomic E-state index is 12.3. The van der Waals surface area contributed by atoms with Gasteiger partial charge in [-0.3, -0.25) is 0 Å². The minimum atomic E-state index is -4.62. The van der Waals surface area contributed by atoms with Gasteiger partial charge in [-0.05, 0) is 61.1 Å². The SMILES string of the molecule is CCCCC[Si]1CCC(CCC2CCC(c3ccc(OC(F)(F)F)cc3)CC2)CC1. The lowest BCUT2D eigenvalue weighted by Crippen LogP contribution is -2.22. The average Bonchev–Trinajstić information content (AvgIpc) is 2.73. The van der Waals surface area contributed by atoms with E-state index >= 15 is 0 Å². The molecule has 1 heterocycles. The largest absolute Gasteiger partial charge is 0.573 e. The van der Waals surface area contributed by atoms with E-state index in [-0.39, 0.29) is 14.5 Å². The number of rotatable bonds is 9. The summed E-state index contributed by atoms with van der Waals surface area (Å²) in [5, 5.41) is 0. The number of hydrogen-bond donors (Lipinski definition) is 0. The van der Waals surface area contributed by atoms with Gasteiger partial charge in [-0.15, -0.1) is 13.2 Å². The van der Waals surface area contributed by atoms with Gasteiger partial charge in [-0.25, -0.2) is 0 Å². The number of unbranched alkanes of at least 4 members (excludes halogenated alkanes) is 2. The highest BCUT2D eigenvalue weighted by Crippen LogP contribution is 2.40. The van der Waals surface area contributed by atoms with Crippen molar-refractivity contribution >= 4 is 8.80 Å². The van der Waals surface area contributed by atoms with Crippen LogP contribution in [0.25, 0.3) is 0 Å². The van der Waals surface area contributed by atoms with E-state index in [0.717, 1.165) is 17.4 Å². The van der Waals surface area contributed by atoms with E-state index in [1.807, 2.05) is 12.1 Å². The summed E-state index contributed by atoms with van der Waals surface area (Å²) in [4.78, 5) is 0. The van der Waals surface area contributed by atoms with Crippen molar-refractivity contribution in [1.29, 1.82) is 0 Å². The molecule has 2 aliphatic rings. The number of benzene rings is 1. The van der Waals surface area contributed by atoms with Gasteiger partial charge in [0.25, 0.3) is 0 Å². The smallest absolute Gasteiger partial charge is 0.406 e. The number of alkyl halides is 3. The predicted octanol–water partition coefficient (Wildman–Crippen LogP) is 8.73. The Hall–Kier alpha value is -0.973. The maximum absolute atomic E-state index is 12.3. The molecule has 1 aromatic carbocycles. The number of ether oxygens (including phenoxy) is 1. The summed E-state index contributed by atoms with van der Waals surface area (Å²) in [6, 6.07) is 11.2. The second-order valence-corrected chi connectivity index (χ2v) is 12.6. The minimum Gasteiger partial charge on any atom is -0.406 e. The van der Waals surface area contributed by atoms with Crippen LogP contribution in [0.1, 0.15) is 89.0 Å². The summed E-state index contributed by atoms with van der Waals surface area (Å²) >= 11 is 0. The van der Waals surface area contributed by atoms with Crippen LogP contribution in [0, 0.1) is 11.8 Å². The lowest BCUT2D eigenvalue weighted by atomic mass is 9.76. The van der Waals surface area contributed by atoms with Crippen LogP contribution >= 0.6 is 0 Å². The van der Waals surface area contributed by atoms with Crippen LogP contribution in [0.4, 0.5) is 13.2 Å². The van der Waals surface area contributed by atoms with E-state index in [4.69, 9.17) is 0 Å². The quantitative estimate of drug-likeness (QED) is 0.276. The van der Waals surface area contributed by atoms with Crippen molar-refractivity contribution < 1.29 is 17.9 Å². The molecule has 1 saturated carbocycles. The number of hydrogen-bond acceptors (Lipinski definition) is 1. The Kier molecular flexibility index (Phi) is 9.15. The molecule has 0 unspecified atom stereocenters. The molecule has 2 fully saturated rings. The highest BCUT2D eigenvalue weighted by molar-refractivity contribution is 6.58. The molecular weight excluding hydrogens is 401 g/mol. The van der Waals surface area contributed by atoms with Gasteiger partial charge in [0.15, 0.2) is 0 Å². The second kappa shape index (κ2) is 11.6. The molecule has 169 valence electrons. The molecule has 0 N–H and O–H groups in total. The zero-order valence-electron chi connectivity index (χ0n) is 18.5. The molecule has 0 bridgehead atoms. The topological polar surface area (TPSA) is 9.23 Å². The lowest BCUT2D eigenvalue weighted by Gasteiger charge is -2.32. The van der Waals surface area contributed by atoms with Gasteiger partial charge in [-0.2, -0.15) is 0 Å². The lowest BCUT2D eigenvalue weighted by molar-refractivity contribution is -0.274. The molecular formula is C25H38F3OSi. The Balaban J connectivity index is 1.32. The summed E-state index contributed by atoms with van der Waals surface area (Å²) < 4.78 is 40.9. The number of halogens is 3. The fraction of sp³-hybridized carbons (Fsp3) is 0.760. The van der Waals surface area contributed by atoms with Gasteiger partial charge >= 0.3 is 6.36 Å². The van der Waals surface area contributed by atoms with Crippen molar-refractivity contribution in [3.05, 3.63) is 29.8 Å². The molecule has 3 rings (SSSR count). The summed E-state index contributed by atoms with van der Waals surface area (Å²) in [6.07, 6.45) is 10.3. The molecule has 1 radical (unpaired) electrons. The summed E-state index contributed by atoms with van der Waals surface area (Å²) in [7, 11) is -0.0172. The van der Waals surface area contributed by atoms with Crippen molar-refractivity contribution in [2.45, 2.75) is 108 Å². The summed E-state index contributed by atoms with van der Waals surface area (Å²) in [6.45, 7) is 2.30. The van der Waals surface area contributed by atoms with Gasteiger partial charge in [0.05, 0.1) is 0 Å². The molecule has 1 aliphatic heterocycles. The Morgan fingerprint density at radius 2 is 1.47 bits per heavy atom. The summed E-state index contributed by atoms with van der Waals surface area (Å²) in [5.74, 6) is 2.19. The first-order valence-electron chi connectivity index (χ1n) is 12.1. The van der Waals surface area contributed by atoms with Crippen LogP contribution in [0.3, 0.4) is 0 Å². The van der Waals surface area contributed by atoms with Crippen molar-refractivity contribution in [1.82, 2.24) is 0 Å². The maximum Gasteiger partial charge on any atom is 0.573 e. The molecule has 0 spiro atoms. The van der Waals surface area contributed by atoms with E-state index < -0.39 is 6.36 Å². The Labute approximate surface area is 182 Å². The monoisotopic (exact) mass is 439 g/mol. The first kappa shape index (κ1) is 23.7. The van der Waals surface area contributed by atoms with Gasteiger partial charge in [-0.1, -0.05) is 82.1 Å². The van der Waals surface area contributed by atoms with Crippen LogP contribution in [0.15, 0.2) is 24.3 Å². The molecule has 1 saturated heterocycles. The van der Waals surface area contributed by atoms with Crippen molar-refractivity contribution in [2.24, 2.45) is 11.8 Å². The van der Waals surface area contributed by atoms with E-state index in [1.165, 1.54) is 82.8 Å². The zero-order valence-corrected chi connectivity index (χ0v) is 19.5. The van der Waals surface area contributed by atoms with Crippen molar-refractivity contribution in [3.63, 3.8) is 0 Å². The molecule has 1 aliphatic carbocycles. The van der Waals surface area contributed by atoms with Gasteiger partial charge in [0.2, 0.25) is 0 Å². The van der Waals surface area contributed by atoms with Crippen LogP contribution in [0.2, 0.25) is 18.1 Å². The third kappa shape index (κ3) is 7.94. The molecule has 5 heteroatoms. The minimum absolute atomic E-state index is 0.0172. The summed E-state index contributed by atoms with van der Waals surface area (Å²) in [5.41, 5.74) is 1.16. The van der Waals surface area contributed by atoms with Crippen LogP contribution in [0.5, 0.6) is 5.75 Å². The van der Waals surface area contributed by atoms with Crippen molar-refractivity contribution in [2.75, 3.05) is 0 Å². The zero-order chi connectivity index (χ0) is 21.4. The van der Waals surface area contributed by atoms with Crippen LogP contribution in [-0.2, 0) is 0 Å². The normalized spacial score (nSPS) is 24.1. The van der Waals surface area contributed by atoms with E-state index in [1.54, 1.807) is 18.1 Å². The fourth-order valence-electron chi connectivity index (χ4n) is 5.45. The van der Waals surface area contributed by atoms with Gasteiger partial charge in [0, 0.05) is 8.80 Å². The molecule has 0 aromatic heterocycles. The van der Waals surface area contributed by atoms with E-state index in [2.05, 4.69) is 11.7 Å². The third-order valence-electron chi connectivity index (χ3n) is 7.36. The Morgan fingerprint density at radius 1 is 0.867 bits per heavy atom. The van der Waals surface area contributed by atoms with E-state index in [0.29, 0.717) is 5.92 Å². The predicted molar refractivity (Wildman–Crippen MR) is 119 cm³/mol. The molecule has 1 aromatic rings. The highest BCUT2D eigenvalue weighted by atomic mass is 28.3. The second-order valence-electron chi connectivity index (χ2n) is 9.56. The van der Waals surface area contributed by atoms with Crippen molar-refractivity contribution in [3.8, 4) is 5.75 Å². The first-order valence-corrected chi connectivity index (χ1v) is 14.2.